The van der Waals surface area contributed by atoms with Gasteiger partial charge in [0.25, 0.3) is 11.8 Å². The molecular weight excluding hydrogens is 394 g/mol. The van der Waals surface area contributed by atoms with Gasteiger partial charge < -0.3 is 14.6 Å². The molecule has 0 radical (unpaired) electrons. The second-order valence-electron chi connectivity index (χ2n) is 6.97. The number of benzene rings is 3. The maximum Gasteiger partial charge on any atom is 0.325 e. The standard InChI is InChI=1S/C24H21N3O4/c1-2-16-7-9-18(10-8-16)23-26-21(31-27-23)15-30-22(28)14-25-24(29)20-12-11-17-5-3-4-6-19(17)13-20/h3-13H,2,14-15H2,1H3,(H,25,29). The maximum atomic E-state index is 12.3. The van der Waals surface area contributed by atoms with E-state index in [4.69, 9.17) is 9.26 Å². The fourth-order valence-corrected chi connectivity index (χ4v) is 3.10. The third-order valence-corrected chi connectivity index (χ3v) is 4.85. The van der Waals surface area contributed by atoms with E-state index in [0.29, 0.717) is 11.4 Å². The van der Waals surface area contributed by atoms with Crippen molar-refractivity contribution in [3.05, 3.63) is 83.7 Å². The molecule has 1 aromatic heterocycles. The van der Waals surface area contributed by atoms with Gasteiger partial charge in [-0.2, -0.15) is 4.98 Å². The molecule has 31 heavy (non-hydrogen) atoms. The van der Waals surface area contributed by atoms with Crippen LogP contribution in [0, 0.1) is 0 Å². The molecular formula is C24H21N3O4. The van der Waals surface area contributed by atoms with Crippen LogP contribution in [0.5, 0.6) is 0 Å². The highest BCUT2D eigenvalue weighted by atomic mass is 16.6. The summed E-state index contributed by atoms with van der Waals surface area (Å²) in [6, 6.07) is 21.0. The number of aryl methyl sites for hydroxylation is 1. The van der Waals surface area contributed by atoms with Gasteiger partial charge in [0.1, 0.15) is 6.54 Å². The van der Waals surface area contributed by atoms with Crippen LogP contribution in [-0.4, -0.2) is 28.6 Å². The number of amides is 1. The number of nitrogens with one attached hydrogen (secondary N) is 1. The molecule has 1 amide bonds. The Balaban J connectivity index is 1.28. The fraction of sp³-hybridized carbons (Fsp3) is 0.167. The number of ether oxygens (including phenoxy) is 1. The molecule has 3 aromatic carbocycles. The minimum atomic E-state index is -0.596. The van der Waals surface area contributed by atoms with Gasteiger partial charge in [0.15, 0.2) is 6.61 Å². The zero-order valence-electron chi connectivity index (χ0n) is 17.0. The van der Waals surface area contributed by atoms with Crippen LogP contribution in [0.25, 0.3) is 22.2 Å². The van der Waals surface area contributed by atoms with Crippen LogP contribution < -0.4 is 5.32 Å². The lowest BCUT2D eigenvalue weighted by molar-refractivity contribution is -0.144. The summed E-state index contributed by atoms with van der Waals surface area (Å²) in [7, 11) is 0. The zero-order chi connectivity index (χ0) is 21.6. The summed E-state index contributed by atoms with van der Waals surface area (Å²) in [6.45, 7) is 1.66. The second kappa shape index (κ2) is 9.21. The average molecular weight is 415 g/mol. The molecule has 156 valence electrons. The number of aromatic nitrogens is 2. The Morgan fingerprint density at radius 2 is 1.77 bits per heavy atom. The Morgan fingerprint density at radius 1 is 1.00 bits per heavy atom. The summed E-state index contributed by atoms with van der Waals surface area (Å²) in [4.78, 5) is 28.5. The van der Waals surface area contributed by atoms with Crippen molar-refractivity contribution in [3.8, 4) is 11.4 Å². The zero-order valence-corrected chi connectivity index (χ0v) is 17.0. The molecule has 7 nitrogen and oxygen atoms in total. The first-order chi connectivity index (χ1) is 15.1. The molecule has 0 spiro atoms. The molecule has 0 fully saturated rings. The Morgan fingerprint density at radius 3 is 2.55 bits per heavy atom. The van der Waals surface area contributed by atoms with Gasteiger partial charge in [0.2, 0.25) is 5.82 Å². The topological polar surface area (TPSA) is 94.3 Å². The number of carbonyl (C=O) groups excluding carboxylic acids is 2. The number of nitrogens with zero attached hydrogens (tertiary/aromatic N) is 2. The van der Waals surface area contributed by atoms with Crippen molar-refractivity contribution < 1.29 is 18.8 Å². The highest BCUT2D eigenvalue weighted by Gasteiger charge is 2.13. The lowest BCUT2D eigenvalue weighted by atomic mass is 10.1. The van der Waals surface area contributed by atoms with Crippen molar-refractivity contribution in [1.82, 2.24) is 15.5 Å². The van der Waals surface area contributed by atoms with Gasteiger partial charge in [-0.05, 0) is 34.9 Å². The molecule has 4 aromatic rings. The van der Waals surface area contributed by atoms with E-state index in [2.05, 4.69) is 22.4 Å². The van der Waals surface area contributed by atoms with Crippen LogP contribution in [-0.2, 0) is 22.6 Å². The van der Waals surface area contributed by atoms with E-state index in [1.54, 1.807) is 12.1 Å². The highest BCUT2D eigenvalue weighted by Crippen LogP contribution is 2.17. The first kappa shape index (κ1) is 20.3. The summed E-state index contributed by atoms with van der Waals surface area (Å²) in [6.07, 6.45) is 0.950. The quantitative estimate of drug-likeness (QED) is 0.460. The van der Waals surface area contributed by atoms with Gasteiger partial charge in [-0.3, -0.25) is 9.59 Å². The highest BCUT2D eigenvalue weighted by molar-refractivity contribution is 5.99. The van der Waals surface area contributed by atoms with E-state index >= 15 is 0 Å². The fourth-order valence-electron chi connectivity index (χ4n) is 3.10. The molecule has 0 unspecified atom stereocenters. The minimum Gasteiger partial charge on any atom is -0.454 e. The molecule has 0 saturated carbocycles. The number of fused-ring (bicyclic) bond motifs is 1. The van der Waals surface area contributed by atoms with Crippen LogP contribution in [0.3, 0.4) is 0 Å². The van der Waals surface area contributed by atoms with Crippen molar-refractivity contribution >= 4 is 22.6 Å². The first-order valence-electron chi connectivity index (χ1n) is 9.97. The predicted octanol–water partition coefficient (Wildman–Crippen LogP) is 3.93. The average Bonchev–Trinajstić information content (AvgIpc) is 3.30. The van der Waals surface area contributed by atoms with Gasteiger partial charge >= 0.3 is 5.97 Å². The molecule has 0 saturated heterocycles. The summed E-state index contributed by atoms with van der Waals surface area (Å²) in [5.41, 5.74) is 2.51. The SMILES string of the molecule is CCc1ccc(-c2noc(COC(=O)CNC(=O)c3ccc4ccccc4c3)n2)cc1. The van der Waals surface area contributed by atoms with Gasteiger partial charge in [0, 0.05) is 11.1 Å². The molecule has 0 atom stereocenters. The largest absolute Gasteiger partial charge is 0.454 e. The van der Waals surface area contributed by atoms with Crippen LogP contribution in [0.15, 0.2) is 71.3 Å². The van der Waals surface area contributed by atoms with Crippen molar-refractivity contribution in [3.63, 3.8) is 0 Å². The molecule has 1 N–H and O–H groups in total. The van der Waals surface area contributed by atoms with Crippen molar-refractivity contribution in [2.24, 2.45) is 0 Å². The van der Waals surface area contributed by atoms with E-state index in [0.717, 1.165) is 22.8 Å². The third kappa shape index (κ3) is 4.95. The number of esters is 1. The van der Waals surface area contributed by atoms with Crippen LogP contribution >= 0.6 is 0 Å². The molecule has 0 aliphatic rings. The minimum absolute atomic E-state index is 0.162. The van der Waals surface area contributed by atoms with E-state index in [1.807, 2.05) is 54.6 Å². The van der Waals surface area contributed by atoms with Gasteiger partial charge in [-0.1, -0.05) is 66.7 Å². The monoisotopic (exact) mass is 415 g/mol. The Kier molecular flexibility index (Phi) is 6.03. The first-order valence-corrected chi connectivity index (χ1v) is 9.97. The number of hydrogen-bond acceptors (Lipinski definition) is 6. The van der Waals surface area contributed by atoms with Crippen molar-refractivity contribution in [1.29, 1.82) is 0 Å². The van der Waals surface area contributed by atoms with Crippen molar-refractivity contribution in [2.45, 2.75) is 20.0 Å². The summed E-state index contributed by atoms with van der Waals surface area (Å²) in [5.74, 6) is -0.332. The second-order valence-corrected chi connectivity index (χ2v) is 6.97. The van der Waals surface area contributed by atoms with Gasteiger partial charge in [-0.15, -0.1) is 0 Å². The maximum absolute atomic E-state index is 12.3. The Bertz CT molecular complexity index is 1210. The van der Waals surface area contributed by atoms with E-state index < -0.39 is 5.97 Å². The van der Waals surface area contributed by atoms with Crippen LogP contribution in [0.4, 0.5) is 0 Å². The summed E-state index contributed by atoms with van der Waals surface area (Å²) >= 11 is 0. The van der Waals surface area contributed by atoms with E-state index in [-0.39, 0.29) is 24.9 Å². The molecule has 4 rings (SSSR count). The lowest BCUT2D eigenvalue weighted by Crippen LogP contribution is -2.30. The normalized spacial score (nSPS) is 10.7. The molecule has 1 heterocycles. The van der Waals surface area contributed by atoms with Crippen molar-refractivity contribution in [2.75, 3.05) is 6.54 Å². The smallest absolute Gasteiger partial charge is 0.325 e. The third-order valence-electron chi connectivity index (χ3n) is 4.85. The number of carbonyl (C=O) groups is 2. The summed E-state index contributed by atoms with van der Waals surface area (Å²) in [5, 5.41) is 8.47. The van der Waals surface area contributed by atoms with Gasteiger partial charge in [-0.25, -0.2) is 0 Å². The predicted molar refractivity (Wildman–Crippen MR) is 115 cm³/mol. The van der Waals surface area contributed by atoms with Crippen LogP contribution in [0.2, 0.25) is 0 Å². The summed E-state index contributed by atoms with van der Waals surface area (Å²) < 4.78 is 10.3. The Hall–Kier alpha value is -4.00. The van der Waals surface area contributed by atoms with E-state index in [1.165, 1.54) is 5.56 Å². The molecule has 0 aliphatic heterocycles. The van der Waals surface area contributed by atoms with Gasteiger partial charge in [0.05, 0.1) is 0 Å². The van der Waals surface area contributed by atoms with E-state index in [9.17, 15) is 9.59 Å². The van der Waals surface area contributed by atoms with Crippen LogP contribution in [0.1, 0.15) is 28.7 Å². The molecule has 0 bridgehead atoms. The Labute approximate surface area is 179 Å². The number of hydrogen-bond donors (Lipinski definition) is 1. The lowest BCUT2D eigenvalue weighted by Gasteiger charge is -2.06. The molecule has 0 aliphatic carbocycles. The molecule has 7 heteroatoms. The number of rotatable bonds is 7.